The van der Waals surface area contributed by atoms with E-state index in [1.807, 2.05) is 0 Å². The zero-order valence-corrected chi connectivity index (χ0v) is 9.21. The Morgan fingerprint density at radius 3 is 1.61 bits per heavy atom. The van der Waals surface area contributed by atoms with Gasteiger partial charge in [-0.15, -0.1) is 0 Å². The van der Waals surface area contributed by atoms with Crippen LogP contribution < -0.4 is 11.5 Å². The Balaban J connectivity index is 0. The van der Waals surface area contributed by atoms with Crippen LogP contribution in [-0.2, 0) is 14.4 Å². The molecule has 10 nitrogen and oxygen atoms in total. The van der Waals surface area contributed by atoms with Gasteiger partial charge >= 0.3 is 11.8 Å². The second-order valence-corrected chi connectivity index (χ2v) is 3.09. The second-order valence-electron chi connectivity index (χ2n) is 3.09. The minimum atomic E-state index is -1.79. The monoisotopic (exact) mass is 268 g/mol. The summed E-state index contributed by atoms with van der Waals surface area (Å²) in [5.41, 5.74) is 8.64. The Bertz CT molecular complexity index is 272. The Morgan fingerprint density at radius 2 is 1.39 bits per heavy atom. The molecule has 0 spiro atoms. The molecule has 18 heavy (non-hydrogen) atoms. The van der Waals surface area contributed by atoms with Gasteiger partial charge in [-0.3, -0.25) is 9.59 Å². The number of carbonyl (C=O) groups excluding carboxylic acids is 3. The zero-order chi connectivity index (χ0) is 14.9. The number of amides is 2. The van der Waals surface area contributed by atoms with Crippen LogP contribution in [0.15, 0.2) is 0 Å². The van der Waals surface area contributed by atoms with Crippen molar-refractivity contribution in [2.75, 3.05) is 6.61 Å². The number of nitrogens with two attached hydrogens (primary N) is 2. The largest absolute Gasteiger partial charge is 0.394 e. The molecule has 0 saturated carbocycles. The summed E-state index contributed by atoms with van der Waals surface area (Å²) >= 11 is 0. The third-order valence-electron chi connectivity index (χ3n) is 1.66. The van der Waals surface area contributed by atoms with Gasteiger partial charge in [-0.1, -0.05) is 0 Å². The predicted octanol–water partition coefficient (Wildman–Crippen LogP) is -5.42. The summed E-state index contributed by atoms with van der Waals surface area (Å²) in [4.78, 5) is 28.8. The molecular weight excluding hydrogens is 252 g/mol. The van der Waals surface area contributed by atoms with Gasteiger partial charge in [0.05, 0.1) is 6.61 Å². The van der Waals surface area contributed by atoms with Crippen LogP contribution in [0.2, 0.25) is 0 Å². The molecule has 0 rings (SSSR count). The molecule has 0 aliphatic carbocycles. The standard InChI is InChI=1S/C6H12O6.C2H4N2O2/c7-1-3(9)5(11)6(12)4(10)2-8;3-1(5)2(4)6/h1,3-6,8-12H,2H2;(H2,3,5)(H2,4,6). The molecule has 0 aromatic heterocycles. The molecule has 2 amide bonds. The van der Waals surface area contributed by atoms with Crippen molar-refractivity contribution in [1.29, 1.82) is 0 Å². The van der Waals surface area contributed by atoms with Crippen molar-refractivity contribution in [3.8, 4) is 0 Å². The summed E-state index contributed by atoms with van der Waals surface area (Å²) in [5.74, 6) is -2.20. The minimum Gasteiger partial charge on any atom is -0.394 e. The van der Waals surface area contributed by atoms with Crippen molar-refractivity contribution in [2.24, 2.45) is 11.5 Å². The van der Waals surface area contributed by atoms with Crippen LogP contribution in [0.5, 0.6) is 0 Å². The van der Waals surface area contributed by atoms with E-state index in [9.17, 15) is 14.4 Å². The summed E-state index contributed by atoms with van der Waals surface area (Å²) in [5, 5.41) is 43.5. The summed E-state index contributed by atoms with van der Waals surface area (Å²) < 4.78 is 0. The Kier molecular flexibility index (Phi) is 9.84. The number of hydrogen-bond donors (Lipinski definition) is 7. The average molecular weight is 268 g/mol. The van der Waals surface area contributed by atoms with Gasteiger partial charge in [0.2, 0.25) is 0 Å². The summed E-state index contributed by atoms with van der Waals surface area (Å²) in [6.07, 6.45) is -6.84. The molecule has 0 aromatic rings. The quantitative estimate of drug-likeness (QED) is 0.189. The number of carbonyl (C=O) groups is 3. The Morgan fingerprint density at radius 1 is 1.00 bits per heavy atom. The topological polar surface area (TPSA) is 204 Å². The molecule has 0 bridgehead atoms. The SMILES string of the molecule is NC(=O)C(N)=O.O=CC(O)C(O)C(O)C(O)CO. The molecule has 0 aliphatic rings. The molecule has 9 N–H and O–H groups in total. The fourth-order valence-electron chi connectivity index (χ4n) is 0.618. The predicted molar refractivity (Wildman–Crippen MR) is 55.6 cm³/mol. The molecule has 0 aromatic carbocycles. The smallest absolute Gasteiger partial charge is 0.306 e. The van der Waals surface area contributed by atoms with E-state index in [0.29, 0.717) is 0 Å². The van der Waals surface area contributed by atoms with Gasteiger partial charge in [0, 0.05) is 0 Å². The van der Waals surface area contributed by atoms with Crippen LogP contribution in [0, 0.1) is 0 Å². The number of aliphatic hydroxyl groups is 5. The van der Waals surface area contributed by atoms with Gasteiger partial charge in [0.15, 0.2) is 6.29 Å². The first kappa shape index (κ1) is 18.8. The van der Waals surface area contributed by atoms with E-state index in [1.165, 1.54) is 0 Å². The van der Waals surface area contributed by atoms with Gasteiger partial charge in [0.25, 0.3) is 0 Å². The Labute approximate surface area is 101 Å². The molecule has 0 heterocycles. The normalized spacial score (nSPS) is 16.5. The lowest BCUT2D eigenvalue weighted by molar-refractivity contribution is -0.136. The molecule has 0 fully saturated rings. The third kappa shape index (κ3) is 7.65. The van der Waals surface area contributed by atoms with Crippen LogP contribution in [-0.4, -0.2) is 74.7 Å². The molecule has 0 radical (unpaired) electrons. The van der Waals surface area contributed by atoms with Gasteiger partial charge in [0.1, 0.15) is 24.4 Å². The third-order valence-corrected chi connectivity index (χ3v) is 1.66. The first-order valence-electron chi connectivity index (χ1n) is 4.56. The first-order chi connectivity index (χ1) is 8.18. The molecule has 10 heteroatoms. The van der Waals surface area contributed by atoms with Crippen molar-refractivity contribution >= 4 is 18.1 Å². The molecule has 0 aliphatic heterocycles. The number of primary amides is 2. The summed E-state index contributed by atoms with van der Waals surface area (Å²) in [6.45, 7) is -0.760. The maximum Gasteiger partial charge on any atom is 0.306 e. The zero-order valence-electron chi connectivity index (χ0n) is 9.21. The maximum absolute atomic E-state index is 9.90. The van der Waals surface area contributed by atoms with Crippen molar-refractivity contribution in [2.45, 2.75) is 24.4 Å². The van der Waals surface area contributed by atoms with Crippen LogP contribution in [0.1, 0.15) is 0 Å². The van der Waals surface area contributed by atoms with Crippen molar-refractivity contribution in [3.63, 3.8) is 0 Å². The van der Waals surface area contributed by atoms with E-state index in [4.69, 9.17) is 25.5 Å². The highest BCUT2D eigenvalue weighted by Gasteiger charge is 2.29. The van der Waals surface area contributed by atoms with Gasteiger partial charge < -0.3 is 41.8 Å². The van der Waals surface area contributed by atoms with Gasteiger partial charge in [-0.2, -0.15) is 0 Å². The lowest BCUT2D eigenvalue weighted by Crippen LogP contribution is -2.46. The van der Waals surface area contributed by atoms with E-state index >= 15 is 0 Å². The van der Waals surface area contributed by atoms with E-state index in [0.717, 1.165) is 0 Å². The Hall–Kier alpha value is -1.59. The van der Waals surface area contributed by atoms with E-state index < -0.39 is 42.8 Å². The number of aldehydes is 1. The molecule has 106 valence electrons. The number of rotatable bonds is 5. The fraction of sp³-hybridized carbons (Fsp3) is 0.625. The minimum absolute atomic E-state index is 0.0258. The highest BCUT2D eigenvalue weighted by atomic mass is 16.4. The van der Waals surface area contributed by atoms with E-state index in [-0.39, 0.29) is 6.29 Å². The summed E-state index contributed by atoms with van der Waals surface area (Å²) in [6, 6.07) is 0. The molecular formula is C8H16N2O8. The number of hydrogen-bond acceptors (Lipinski definition) is 8. The van der Waals surface area contributed by atoms with Crippen LogP contribution in [0.4, 0.5) is 0 Å². The van der Waals surface area contributed by atoms with Crippen molar-refractivity contribution in [3.05, 3.63) is 0 Å². The lowest BCUT2D eigenvalue weighted by Gasteiger charge is -2.22. The van der Waals surface area contributed by atoms with Gasteiger partial charge in [-0.05, 0) is 0 Å². The maximum atomic E-state index is 9.90. The summed E-state index contributed by atoms with van der Waals surface area (Å²) in [7, 11) is 0. The number of aliphatic hydroxyl groups excluding tert-OH is 5. The van der Waals surface area contributed by atoms with Crippen molar-refractivity contribution in [1.82, 2.24) is 0 Å². The highest BCUT2D eigenvalue weighted by molar-refractivity contribution is 6.33. The van der Waals surface area contributed by atoms with Crippen LogP contribution in [0.3, 0.4) is 0 Å². The second kappa shape index (κ2) is 9.44. The van der Waals surface area contributed by atoms with Crippen LogP contribution in [0.25, 0.3) is 0 Å². The molecule has 0 saturated heterocycles. The fourth-order valence-corrected chi connectivity index (χ4v) is 0.618. The van der Waals surface area contributed by atoms with E-state index in [2.05, 4.69) is 11.5 Å². The lowest BCUT2D eigenvalue weighted by atomic mass is 10.0. The highest BCUT2D eigenvalue weighted by Crippen LogP contribution is 2.02. The van der Waals surface area contributed by atoms with Gasteiger partial charge in [-0.25, -0.2) is 0 Å². The average Bonchev–Trinajstić information content (AvgIpc) is 2.35. The van der Waals surface area contributed by atoms with E-state index in [1.54, 1.807) is 0 Å². The van der Waals surface area contributed by atoms with Crippen LogP contribution >= 0.6 is 0 Å². The molecule has 4 unspecified atom stereocenters. The first-order valence-corrected chi connectivity index (χ1v) is 4.56. The molecule has 4 atom stereocenters. The van der Waals surface area contributed by atoms with Crippen molar-refractivity contribution < 1.29 is 39.9 Å².